The summed E-state index contributed by atoms with van der Waals surface area (Å²) in [7, 11) is 0. The van der Waals surface area contributed by atoms with Crippen molar-refractivity contribution in [2.45, 2.75) is 13.3 Å². The second-order valence-electron chi connectivity index (χ2n) is 4.29. The van der Waals surface area contributed by atoms with Crippen LogP contribution in [0, 0.1) is 5.92 Å². The molecule has 0 fully saturated rings. The molecule has 0 amide bonds. The van der Waals surface area contributed by atoms with Gasteiger partial charge in [-0.2, -0.15) is 0 Å². The van der Waals surface area contributed by atoms with E-state index in [2.05, 4.69) is 12.1 Å². The molecule has 2 aromatic carbocycles. The molecule has 0 aromatic heterocycles. The molecule has 80 valence electrons. The molecule has 0 N–H and O–H groups in total. The number of hydrogen-bond acceptors (Lipinski definition) is 2. The Bertz CT molecular complexity index is 572. The number of esters is 1. The van der Waals surface area contributed by atoms with Gasteiger partial charge in [0.1, 0.15) is 5.75 Å². The summed E-state index contributed by atoms with van der Waals surface area (Å²) < 4.78 is 5.31. The summed E-state index contributed by atoms with van der Waals surface area (Å²) in [6.45, 7) is 1.91. The third kappa shape index (κ3) is 1.30. The van der Waals surface area contributed by atoms with Crippen LogP contribution in [-0.2, 0) is 11.2 Å². The highest BCUT2D eigenvalue weighted by atomic mass is 16.5. The van der Waals surface area contributed by atoms with E-state index in [4.69, 9.17) is 4.74 Å². The van der Waals surface area contributed by atoms with Gasteiger partial charge in [0.05, 0.1) is 5.92 Å². The highest BCUT2D eigenvalue weighted by molar-refractivity contribution is 5.90. The van der Waals surface area contributed by atoms with Crippen LogP contribution in [0.25, 0.3) is 10.8 Å². The zero-order chi connectivity index (χ0) is 11.1. The van der Waals surface area contributed by atoms with E-state index >= 15 is 0 Å². The Morgan fingerprint density at radius 1 is 1.19 bits per heavy atom. The Kier molecular flexibility index (Phi) is 1.96. The van der Waals surface area contributed by atoms with Gasteiger partial charge in [-0.25, -0.2) is 0 Å². The fraction of sp³-hybridized carbons (Fsp3) is 0.214. The number of carbonyl (C=O) groups is 1. The van der Waals surface area contributed by atoms with Gasteiger partial charge in [-0.05, 0) is 23.3 Å². The summed E-state index contributed by atoms with van der Waals surface area (Å²) in [6.07, 6.45) is 0.773. The summed E-state index contributed by atoms with van der Waals surface area (Å²) in [5.41, 5.74) is 1.16. The molecule has 1 aliphatic rings. The van der Waals surface area contributed by atoms with Gasteiger partial charge >= 0.3 is 5.97 Å². The molecule has 0 unspecified atom stereocenters. The van der Waals surface area contributed by atoms with Crippen molar-refractivity contribution >= 4 is 16.7 Å². The zero-order valence-corrected chi connectivity index (χ0v) is 9.07. The summed E-state index contributed by atoms with van der Waals surface area (Å²) in [5.74, 6) is 0.558. The van der Waals surface area contributed by atoms with E-state index in [1.165, 1.54) is 10.8 Å². The Morgan fingerprint density at radius 3 is 2.88 bits per heavy atom. The molecule has 1 aliphatic heterocycles. The van der Waals surface area contributed by atoms with E-state index in [-0.39, 0.29) is 11.9 Å². The van der Waals surface area contributed by atoms with Crippen LogP contribution in [0.4, 0.5) is 0 Å². The van der Waals surface area contributed by atoms with Crippen LogP contribution in [0.3, 0.4) is 0 Å². The normalized spacial score (nSPS) is 19.3. The lowest BCUT2D eigenvalue weighted by molar-refractivity contribution is -0.139. The molecular formula is C14H12O2. The number of ether oxygens (including phenoxy) is 1. The molecule has 0 bridgehead atoms. The highest BCUT2D eigenvalue weighted by Gasteiger charge is 2.25. The van der Waals surface area contributed by atoms with Crippen LogP contribution < -0.4 is 4.74 Å². The van der Waals surface area contributed by atoms with Gasteiger partial charge in [0.25, 0.3) is 0 Å². The molecule has 1 heterocycles. The van der Waals surface area contributed by atoms with Crippen molar-refractivity contribution in [2.75, 3.05) is 0 Å². The minimum absolute atomic E-state index is 0.0432. The van der Waals surface area contributed by atoms with Crippen LogP contribution >= 0.6 is 0 Å². The second kappa shape index (κ2) is 3.34. The Hall–Kier alpha value is -1.83. The van der Waals surface area contributed by atoms with Crippen LogP contribution in [0.5, 0.6) is 5.75 Å². The van der Waals surface area contributed by atoms with Crippen LogP contribution in [0.15, 0.2) is 36.4 Å². The van der Waals surface area contributed by atoms with Crippen LogP contribution in [-0.4, -0.2) is 5.97 Å². The maximum absolute atomic E-state index is 11.5. The molecule has 0 saturated carbocycles. The van der Waals surface area contributed by atoms with E-state index in [1.54, 1.807) is 0 Å². The highest BCUT2D eigenvalue weighted by Crippen LogP contribution is 2.33. The van der Waals surface area contributed by atoms with E-state index in [0.717, 1.165) is 17.7 Å². The average molecular weight is 212 g/mol. The smallest absolute Gasteiger partial charge is 0.314 e. The molecule has 0 saturated heterocycles. The fourth-order valence-corrected chi connectivity index (χ4v) is 2.22. The molecule has 16 heavy (non-hydrogen) atoms. The minimum atomic E-state index is -0.122. The largest absolute Gasteiger partial charge is 0.426 e. The first-order chi connectivity index (χ1) is 7.75. The van der Waals surface area contributed by atoms with Crippen molar-refractivity contribution in [3.63, 3.8) is 0 Å². The van der Waals surface area contributed by atoms with E-state index in [1.807, 2.05) is 31.2 Å². The summed E-state index contributed by atoms with van der Waals surface area (Å²) in [5, 5.41) is 2.39. The lowest BCUT2D eigenvalue weighted by Crippen LogP contribution is -2.25. The van der Waals surface area contributed by atoms with Gasteiger partial charge in [0, 0.05) is 5.56 Å². The maximum Gasteiger partial charge on any atom is 0.314 e. The van der Waals surface area contributed by atoms with Crippen molar-refractivity contribution < 1.29 is 9.53 Å². The minimum Gasteiger partial charge on any atom is -0.426 e. The van der Waals surface area contributed by atoms with Crippen LogP contribution in [0.2, 0.25) is 0 Å². The summed E-state index contributed by atoms with van der Waals surface area (Å²) >= 11 is 0. The van der Waals surface area contributed by atoms with Gasteiger partial charge in [-0.1, -0.05) is 37.3 Å². The first-order valence-corrected chi connectivity index (χ1v) is 5.48. The first-order valence-electron chi connectivity index (χ1n) is 5.48. The fourth-order valence-electron chi connectivity index (χ4n) is 2.22. The van der Waals surface area contributed by atoms with Crippen molar-refractivity contribution in [1.82, 2.24) is 0 Å². The van der Waals surface area contributed by atoms with Gasteiger partial charge in [0.15, 0.2) is 0 Å². The number of fused-ring (bicyclic) bond motifs is 3. The molecule has 2 nitrogen and oxygen atoms in total. The molecule has 0 radical (unpaired) electrons. The van der Waals surface area contributed by atoms with E-state index in [9.17, 15) is 4.79 Å². The van der Waals surface area contributed by atoms with Gasteiger partial charge < -0.3 is 4.74 Å². The Morgan fingerprint density at radius 2 is 2.00 bits per heavy atom. The topological polar surface area (TPSA) is 26.3 Å². The van der Waals surface area contributed by atoms with Crippen molar-refractivity contribution in [3.8, 4) is 5.75 Å². The first kappa shape index (κ1) is 9.40. The number of rotatable bonds is 0. The third-order valence-corrected chi connectivity index (χ3v) is 3.12. The van der Waals surface area contributed by atoms with Gasteiger partial charge in [-0.3, -0.25) is 4.79 Å². The number of benzene rings is 2. The maximum atomic E-state index is 11.5. The lowest BCUT2D eigenvalue weighted by Gasteiger charge is -2.21. The molecule has 2 aromatic rings. The van der Waals surface area contributed by atoms with Crippen molar-refractivity contribution in [3.05, 3.63) is 42.0 Å². The van der Waals surface area contributed by atoms with Crippen molar-refractivity contribution in [2.24, 2.45) is 5.92 Å². The molecule has 0 aliphatic carbocycles. The molecule has 1 atom stereocenters. The lowest BCUT2D eigenvalue weighted by atomic mass is 9.93. The van der Waals surface area contributed by atoms with E-state index < -0.39 is 0 Å². The predicted molar refractivity (Wildman–Crippen MR) is 62.5 cm³/mol. The average Bonchev–Trinajstić information content (AvgIpc) is 2.31. The van der Waals surface area contributed by atoms with Crippen molar-refractivity contribution in [1.29, 1.82) is 0 Å². The SMILES string of the molecule is C[C@@H]1Cc2c(ccc3ccccc23)OC1=O. The quantitative estimate of drug-likeness (QED) is 0.495. The Labute approximate surface area is 93.8 Å². The van der Waals surface area contributed by atoms with E-state index in [0.29, 0.717) is 0 Å². The molecule has 3 rings (SSSR count). The standard InChI is InChI=1S/C14H12O2/c1-9-8-12-11-5-3-2-4-10(11)6-7-13(12)16-14(9)15/h2-7,9H,8H2,1H3/t9-/m1/s1. The van der Waals surface area contributed by atoms with Gasteiger partial charge in [-0.15, -0.1) is 0 Å². The molecule has 0 spiro atoms. The number of carbonyl (C=O) groups excluding carboxylic acids is 1. The Balaban J connectivity index is 2.27. The molecular weight excluding hydrogens is 200 g/mol. The van der Waals surface area contributed by atoms with Gasteiger partial charge in [0.2, 0.25) is 0 Å². The monoisotopic (exact) mass is 212 g/mol. The second-order valence-corrected chi connectivity index (χ2v) is 4.29. The number of hydrogen-bond donors (Lipinski definition) is 0. The third-order valence-electron chi connectivity index (χ3n) is 3.12. The zero-order valence-electron chi connectivity index (χ0n) is 9.07. The predicted octanol–water partition coefficient (Wildman–Crippen LogP) is 2.94. The summed E-state index contributed by atoms with van der Waals surface area (Å²) in [4.78, 5) is 11.5. The molecule has 2 heteroatoms. The van der Waals surface area contributed by atoms with Crippen LogP contribution in [0.1, 0.15) is 12.5 Å². The summed E-state index contributed by atoms with van der Waals surface area (Å²) in [6, 6.07) is 12.1.